The van der Waals surface area contributed by atoms with Crippen LogP contribution in [0.2, 0.25) is 0 Å². The van der Waals surface area contributed by atoms with Crippen molar-refractivity contribution in [1.82, 2.24) is 24.9 Å². The molecule has 0 aliphatic carbocycles. The third-order valence-corrected chi connectivity index (χ3v) is 6.98. The van der Waals surface area contributed by atoms with Crippen LogP contribution in [0.1, 0.15) is 92.8 Å². The Morgan fingerprint density at radius 3 is 2.21 bits per heavy atom. The van der Waals surface area contributed by atoms with E-state index < -0.39 is 48.6 Å². The zero-order chi connectivity index (χ0) is 31.6. The highest BCUT2D eigenvalue weighted by molar-refractivity contribution is 5.93. The number of aliphatic hydroxyl groups is 1. The lowest BCUT2D eigenvalue weighted by Crippen LogP contribution is -2.42. The van der Waals surface area contributed by atoms with Gasteiger partial charge in [0, 0.05) is 24.3 Å². The van der Waals surface area contributed by atoms with Crippen molar-refractivity contribution in [3.05, 3.63) is 29.2 Å². The topological polar surface area (TPSA) is 211 Å². The van der Waals surface area contributed by atoms with Gasteiger partial charge in [0.1, 0.15) is 11.5 Å². The van der Waals surface area contributed by atoms with Crippen LogP contribution in [0.15, 0.2) is 12.1 Å². The van der Waals surface area contributed by atoms with Crippen LogP contribution in [0.5, 0.6) is 0 Å². The molecular weight excluding hydrogens is 569 g/mol. The SMILES string of the molecule is CC(C)c1cc(C(=O)N2CCCC2c2cc3n(n2)[C@@H](C(F)(F)F)C[C@@H](C)N3)n[nH]1.O=C(O)CC(O)(CC(=O)O)C(=O)O. The summed E-state index contributed by atoms with van der Waals surface area (Å²) in [4.78, 5) is 45.2. The molecule has 4 heterocycles. The summed E-state index contributed by atoms with van der Waals surface area (Å²) >= 11 is 0. The molecule has 1 unspecified atom stereocenters. The number of rotatable bonds is 8. The Kier molecular flexibility index (Phi) is 9.54. The molecule has 1 fully saturated rings. The molecule has 6 N–H and O–H groups in total. The van der Waals surface area contributed by atoms with E-state index >= 15 is 0 Å². The Morgan fingerprint density at radius 1 is 1.10 bits per heavy atom. The summed E-state index contributed by atoms with van der Waals surface area (Å²) < 4.78 is 41.6. The van der Waals surface area contributed by atoms with Gasteiger partial charge >= 0.3 is 24.1 Å². The Balaban J connectivity index is 0.000000316. The maximum absolute atomic E-state index is 13.5. The van der Waals surface area contributed by atoms with Gasteiger partial charge in [-0.15, -0.1) is 0 Å². The van der Waals surface area contributed by atoms with Crippen LogP contribution in [0.25, 0.3) is 0 Å². The fourth-order valence-electron chi connectivity index (χ4n) is 4.86. The third kappa shape index (κ3) is 7.37. The standard InChI is InChI=1S/C19H25F3N6O.C6H8O7/c1-10(2)12-8-14(25-24-12)18(29)27-6-4-5-15(27)13-9-17-23-11(3)7-16(19(20,21)22)28(17)26-13;7-3(8)1-6(13,5(11)12)2-4(9)10/h8-11,15-16,23H,4-7H2,1-3H3,(H,24,25);13H,1-2H2,(H,7,8)(H,9,10)(H,11,12)/t11-,15?,16-;/m1./s1. The number of carboxylic acids is 3. The van der Waals surface area contributed by atoms with Crippen LogP contribution in [-0.2, 0) is 14.4 Å². The first-order valence-corrected chi connectivity index (χ1v) is 13.1. The number of alkyl halides is 3. The Morgan fingerprint density at radius 2 is 1.71 bits per heavy atom. The number of carbonyl (C=O) groups is 4. The minimum absolute atomic E-state index is 0.0732. The molecule has 0 bridgehead atoms. The molecule has 1 amide bonds. The molecule has 4 rings (SSSR count). The zero-order valence-corrected chi connectivity index (χ0v) is 23.1. The number of aromatic amines is 1. The second kappa shape index (κ2) is 12.4. The molecule has 0 aromatic carbocycles. The van der Waals surface area contributed by atoms with E-state index in [1.807, 2.05) is 13.8 Å². The van der Waals surface area contributed by atoms with Gasteiger partial charge < -0.3 is 30.6 Å². The van der Waals surface area contributed by atoms with E-state index in [2.05, 4.69) is 20.6 Å². The summed E-state index contributed by atoms with van der Waals surface area (Å²) in [7, 11) is 0. The van der Waals surface area contributed by atoms with Gasteiger partial charge in [0.2, 0.25) is 0 Å². The predicted octanol–water partition coefficient (Wildman–Crippen LogP) is 2.77. The number of aliphatic carboxylic acids is 3. The molecule has 0 radical (unpaired) electrons. The van der Waals surface area contributed by atoms with Crippen LogP contribution in [0.3, 0.4) is 0 Å². The second-order valence-electron chi connectivity index (χ2n) is 10.7. The van der Waals surface area contributed by atoms with Crippen LogP contribution in [0.4, 0.5) is 19.0 Å². The Bertz CT molecular complexity index is 1310. The summed E-state index contributed by atoms with van der Waals surface area (Å²) in [6.07, 6.45) is -5.30. The Labute approximate surface area is 237 Å². The molecule has 2 aromatic heterocycles. The average Bonchev–Trinajstić information content (AvgIpc) is 3.60. The monoisotopic (exact) mass is 602 g/mol. The van der Waals surface area contributed by atoms with Gasteiger partial charge in [-0.05, 0) is 38.2 Å². The van der Waals surface area contributed by atoms with E-state index in [-0.39, 0.29) is 30.3 Å². The van der Waals surface area contributed by atoms with Crippen molar-refractivity contribution < 1.29 is 52.8 Å². The molecule has 2 aliphatic heterocycles. The summed E-state index contributed by atoms with van der Waals surface area (Å²) in [5.41, 5.74) is -1.06. The average molecular weight is 603 g/mol. The number of aromatic nitrogens is 4. The highest BCUT2D eigenvalue weighted by Crippen LogP contribution is 2.41. The van der Waals surface area contributed by atoms with Crippen molar-refractivity contribution in [1.29, 1.82) is 0 Å². The molecule has 1 saturated heterocycles. The number of likely N-dealkylation sites (tertiary alicyclic amines) is 1. The number of H-pyrrole nitrogens is 1. The highest BCUT2D eigenvalue weighted by atomic mass is 19.4. The van der Waals surface area contributed by atoms with E-state index in [9.17, 15) is 32.3 Å². The number of carboxylic acid groups (broad SMARTS) is 3. The molecule has 14 nitrogen and oxygen atoms in total. The van der Waals surface area contributed by atoms with Crippen molar-refractivity contribution >= 4 is 29.6 Å². The van der Waals surface area contributed by atoms with Crippen molar-refractivity contribution in [3.8, 4) is 0 Å². The lowest BCUT2D eigenvalue weighted by molar-refractivity contribution is -0.173. The molecule has 232 valence electrons. The van der Waals surface area contributed by atoms with Gasteiger partial charge in [0.25, 0.3) is 5.91 Å². The summed E-state index contributed by atoms with van der Waals surface area (Å²) in [5.74, 6) is -4.68. The minimum atomic E-state index is -4.37. The molecule has 17 heteroatoms. The number of hydrogen-bond donors (Lipinski definition) is 6. The van der Waals surface area contributed by atoms with Crippen LogP contribution in [0, 0.1) is 0 Å². The number of halogens is 3. The first-order valence-electron chi connectivity index (χ1n) is 13.1. The second-order valence-corrected chi connectivity index (χ2v) is 10.7. The lowest BCUT2D eigenvalue weighted by atomic mass is 9.96. The normalized spacial score (nSPS) is 20.4. The van der Waals surface area contributed by atoms with Crippen molar-refractivity contribution in [2.45, 2.75) is 88.7 Å². The van der Waals surface area contributed by atoms with Crippen LogP contribution in [-0.4, -0.2) is 93.5 Å². The quantitative estimate of drug-likeness (QED) is 0.259. The zero-order valence-electron chi connectivity index (χ0n) is 23.1. The largest absolute Gasteiger partial charge is 0.481 e. The van der Waals surface area contributed by atoms with Gasteiger partial charge in [0.05, 0.1) is 24.6 Å². The molecule has 2 aromatic rings. The Hall–Kier alpha value is -4.15. The number of nitrogens with one attached hydrogen (secondary N) is 2. The predicted molar refractivity (Wildman–Crippen MR) is 138 cm³/mol. The molecule has 2 aliphatic rings. The van der Waals surface area contributed by atoms with E-state index in [0.717, 1.165) is 16.8 Å². The van der Waals surface area contributed by atoms with Crippen molar-refractivity contribution in [2.75, 3.05) is 11.9 Å². The van der Waals surface area contributed by atoms with E-state index in [1.165, 1.54) is 0 Å². The maximum atomic E-state index is 13.5. The van der Waals surface area contributed by atoms with Gasteiger partial charge in [-0.3, -0.25) is 19.5 Å². The molecular formula is C25H33F3N6O8. The number of fused-ring (bicyclic) bond motifs is 1. The van der Waals surface area contributed by atoms with E-state index in [1.54, 1.807) is 24.0 Å². The van der Waals surface area contributed by atoms with Gasteiger partial charge in [-0.1, -0.05) is 13.8 Å². The number of nitrogens with zero attached hydrogens (tertiary/aromatic N) is 4. The fraction of sp³-hybridized carbons (Fsp3) is 0.600. The molecule has 0 spiro atoms. The van der Waals surface area contributed by atoms with Gasteiger partial charge in [-0.25, -0.2) is 9.48 Å². The smallest absolute Gasteiger partial charge is 0.410 e. The number of carbonyl (C=O) groups excluding carboxylic acids is 1. The summed E-state index contributed by atoms with van der Waals surface area (Å²) in [6.45, 7) is 6.26. The third-order valence-electron chi connectivity index (χ3n) is 6.98. The minimum Gasteiger partial charge on any atom is -0.481 e. The lowest BCUT2D eigenvalue weighted by Gasteiger charge is -2.31. The summed E-state index contributed by atoms with van der Waals surface area (Å²) in [5, 5.41) is 48.2. The van der Waals surface area contributed by atoms with Crippen LogP contribution >= 0.6 is 0 Å². The highest BCUT2D eigenvalue weighted by Gasteiger charge is 2.46. The first-order chi connectivity index (χ1) is 19.4. The number of anilines is 1. The van der Waals surface area contributed by atoms with Gasteiger partial charge in [0.15, 0.2) is 11.6 Å². The number of hydrogen-bond acceptors (Lipinski definition) is 8. The van der Waals surface area contributed by atoms with E-state index in [0.29, 0.717) is 30.2 Å². The molecule has 42 heavy (non-hydrogen) atoms. The summed E-state index contributed by atoms with van der Waals surface area (Å²) in [6, 6.07) is 1.07. The van der Waals surface area contributed by atoms with Crippen molar-refractivity contribution in [3.63, 3.8) is 0 Å². The van der Waals surface area contributed by atoms with Crippen molar-refractivity contribution in [2.24, 2.45) is 0 Å². The van der Waals surface area contributed by atoms with Gasteiger partial charge in [-0.2, -0.15) is 23.4 Å². The maximum Gasteiger partial charge on any atom is 0.410 e. The number of amides is 1. The van der Waals surface area contributed by atoms with E-state index in [4.69, 9.17) is 20.4 Å². The molecule has 3 atom stereocenters. The molecule has 0 saturated carbocycles. The fourth-order valence-corrected chi connectivity index (χ4v) is 4.86. The van der Waals surface area contributed by atoms with Crippen LogP contribution < -0.4 is 5.32 Å². The first kappa shape index (κ1) is 32.4.